The zero-order valence-corrected chi connectivity index (χ0v) is 21.4. The van der Waals surface area contributed by atoms with E-state index in [0.29, 0.717) is 51.9 Å². The van der Waals surface area contributed by atoms with Crippen molar-refractivity contribution in [2.75, 3.05) is 27.3 Å². The van der Waals surface area contributed by atoms with Gasteiger partial charge in [-0.3, -0.25) is 9.69 Å². The number of halogens is 2. The highest BCUT2D eigenvalue weighted by Crippen LogP contribution is 2.31. The molecule has 0 bridgehead atoms. The lowest BCUT2D eigenvalue weighted by Gasteiger charge is -2.31. The number of ether oxygens (including phenoxy) is 2. The normalized spacial score (nSPS) is 17.1. The van der Waals surface area contributed by atoms with Crippen LogP contribution in [-0.2, 0) is 11.3 Å². The van der Waals surface area contributed by atoms with Crippen molar-refractivity contribution in [1.29, 1.82) is 0 Å². The number of nitrogens with one attached hydrogen (secondary N) is 1. The Hall–Kier alpha value is -2.81. The van der Waals surface area contributed by atoms with Crippen molar-refractivity contribution in [2.24, 2.45) is 5.92 Å². The number of rotatable bonds is 8. The summed E-state index contributed by atoms with van der Waals surface area (Å²) in [6.45, 7) is 3.90. The molecule has 4 rings (SSSR count). The number of nitrogens with zero attached hydrogens (tertiary/aromatic N) is 3. The van der Waals surface area contributed by atoms with E-state index in [9.17, 15) is 4.79 Å². The van der Waals surface area contributed by atoms with Crippen LogP contribution in [0, 0.1) is 5.92 Å². The topological polar surface area (TPSA) is 89.7 Å². The maximum absolute atomic E-state index is 13.0. The molecule has 0 aliphatic carbocycles. The van der Waals surface area contributed by atoms with Gasteiger partial charge < -0.3 is 19.3 Å². The van der Waals surface area contributed by atoms with Gasteiger partial charge in [-0.2, -0.15) is 4.98 Å². The zero-order chi connectivity index (χ0) is 24.9. The highest BCUT2D eigenvalue weighted by Gasteiger charge is 2.28. The molecule has 186 valence electrons. The summed E-state index contributed by atoms with van der Waals surface area (Å²) in [4.78, 5) is 19.7. The van der Waals surface area contributed by atoms with E-state index in [1.807, 2.05) is 25.1 Å². The number of likely N-dealkylation sites (tertiary alicyclic amines) is 1. The minimum atomic E-state index is -0.166. The van der Waals surface area contributed by atoms with Crippen molar-refractivity contribution in [3.8, 4) is 22.9 Å². The fourth-order valence-electron chi connectivity index (χ4n) is 4.24. The highest BCUT2D eigenvalue weighted by molar-refractivity contribution is 6.36. The number of amides is 1. The number of methoxy groups -OCH3 is 2. The van der Waals surface area contributed by atoms with E-state index < -0.39 is 0 Å². The van der Waals surface area contributed by atoms with Gasteiger partial charge in [-0.1, -0.05) is 34.4 Å². The van der Waals surface area contributed by atoms with Crippen LogP contribution in [0.4, 0.5) is 0 Å². The molecule has 2 heterocycles. The first-order valence-electron chi connectivity index (χ1n) is 11.4. The lowest BCUT2D eigenvalue weighted by Crippen LogP contribution is -2.43. The van der Waals surface area contributed by atoms with E-state index in [-0.39, 0.29) is 17.9 Å². The van der Waals surface area contributed by atoms with Crippen LogP contribution >= 0.6 is 23.2 Å². The maximum Gasteiger partial charge on any atom is 0.241 e. The molecule has 1 N–H and O–H groups in total. The first kappa shape index (κ1) is 25.3. The summed E-state index contributed by atoms with van der Waals surface area (Å²) in [7, 11) is 3.19. The molecule has 1 aliphatic rings. The molecule has 0 spiro atoms. The largest absolute Gasteiger partial charge is 0.493 e. The second-order valence-electron chi connectivity index (χ2n) is 8.55. The average Bonchev–Trinajstić information content (AvgIpc) is 3.31. The Bertz CT molecular complexity index is 1190. The van der Waals surface area contributed by atoms with Crippen LogP contribution in [-0.4, -0.2) is 48.3 Å². The third-order valence-electron chi connectivity index (χ3n) is 6.14. The predicted octanol–water partition coefficient (Wildman–Crippen LogP) is 5.15. The molecule has 10 heteroatoms. The van der Waals surface area contributed by atoms with Gasteiger partial charge in [-0.05, 0) is 62.2 Å². The van der Waals surface area contributed by atoms with Crippen LogP contribution in [0.3, 0.4) is 0 Å². The Morgan fingerprint density at radius 2 is 2.00 bits per heavy atom. The van der Waals surface area contributed by atoms with E-state index in [1.165, 1.54) is 0 Å². The van der Waals surface area contributed by atoms with Crippen molar-refractivity contribution in [3.05, 3.63) is 57.9 Å². The van der Waals surface area contributed by atoms with Crippen molar-refractivity contribution in [3.63, 3.8) is 0 Å². The van der Waals surface area contributed by atoms with Gasteiger partial charge in [0.1, 0.15) is 0 Å². The average molecular weight is 519 g/mol. The van der Waals surface area contributed by atoms with Gasteiger partial charge in [0.05, 0.1) is 37.7 Å². The second kappa shape index (κ2) is 11.3. The molecule has 1 saturated heterocycles. The number of carbonyl (C=O) groups is 1. The molecular weight excluding hydrogens is 491 g/mol. The van der Waals surface area contributed by atoms with E-state index in [0.717, 1.165) is 24.9 Å². The van der Waals surface area contributed by atoms with Crippen LogP contribution in [0.2, 0.25) is 10.0 Å². The first-order valence-corrected chi connectivity index (χ1v) is 12.2. The van der Waals surface area contributed by atoms with Crippen molar-refractivity contribution >= 4 is 29.1 Å². The third-order valence-corrected chi connectivity index (χ3v) is 6.69. The van der Waals surface area contributed by atoms with Gasteiger partial charge in [0.2, 0.25) is 17.6 Å². The first-order chi connectivity index (χ1) is 16.9. The molecule has 1 amide bonds. The molecule has 8 nitrogen and oxygen atoms in total. The van der Waals surface area contributed by atoms with Gasteiger partial charge in [-0.25, -0.2) is 0 Å². The fraction of sp³-hybridized carbons (Fsp3) is 0.400. The molecule has 1 aromatic heterocycles. The minimum Gasteiger partial charge on any atom is -0.493 e. The number of hydrogen-bond acceptors (Lipinski definition) is 7. The van der Waals surface area contributed by atoms with Gasteiger partial charge in [0, 0.05) is 17.1 Å². The van der Waals surface area contributed by atoms with E-state index in [1.54, 1.807) is 32.4 Å². The Morgan fingerprint density at radius 3 is 2.74 bits per heavy atom. The number of piperidine rings is 1. The maximum atomic E-state index is 13.0. The van der Waals surface area contributed by atoms with Gasteiger partial charge >= 0.3 is 0 Å². The van der Waals surface area contributed by atoms with E-state index in [2.05, 4.69) is 20.4 Å². The second-order valence-corrected chi connectivity index (χ2v) is 9.40. The number of carbonyl (C=O) groups excluding carboxylic acids is 1. The van der Waals surface area contributed by atoms with Crippen molar-refractivity contribution in [1.82, 2.24) is 20.4 Å². The van der Waals surface area contributed by atoms with E-state index in [4.69, 9.17) is 37.2 Å². The molecule has 2 unspecified atom stereocenters. The number of hydrogen-bond donors (Lipinski definition) is 1. The van der Waals surface area contributed by atoms with Crippen LogP contribution in [0.15, 0.2) is 40.9 Å². The number of benzene rings is 2. The summed E-state index contributed by atoms with van der Waals surface area (Å²) in [5.74, 6) is 2.08. The lowest BCUT2D eigenvalue weighted by atomic mass is 9.96. The van der Waals surface area contributed by atoms with Crippen LogP contribution in [0.1, 0.15) is 37.3 Å². The molecule has 2 atom stereocenters. The molecule has 35 heavy (non-hydrogen) atoms. The van der Waals surface area contributed by atoms with Crippen LogP contribution in [0.5, 0.6) is 11.5 Å². The molecule has 1 fully saturated rings. The monoisotopic (exact) mass is 518 g/mol. The summed E-state index contributed by atoms with van der Waals surface area (Å²) < 4.78 is 16.1. The summed E-state index contributed by atoms with van der Waals surface area (Å²) in [6, 6.07) is 10.6. The minimum absolute atomic E-state index is 0.0242. The fourth-order valence-corrected chi connectivity index (χ4v) is 4.73. The van der Waals surface area contributed by atoms with Gasteiger partial charge in [-0.15, -0.1) is 0 Å². The SMILES string of the molecule is COc1ccc(C(C)NC(=O)C2CCCN(Cc3nc(-c4ccc(Cl)cc4Cl)no3)C2)cc1OC. The van der Waals surface area contributed by atoms with Crippen LogP contribution in [0.25, 0.3) is 11.4 Å². The Morgan fingerprint density at radius 1 is 1.20 bits per heavy atom. The number of aromatic nitrogens is 2. The van der Waals surface area contributed by atoms with Gasteiger partial charge in [0.25, 0.3) is 0 Å². The Balaban J connectivity index is 1.36. The summed E-state index contributed by atoms with van der Waals surface area (Å²) in [5.41, 5.74) is 1.61. The predicted molar refractivity (Wildman–Crippen MR) is 134 cm³/mol. The summed E-state index contributed by atoms with van der Waals surface area (Å²) >= 11 is 12.2. The molecule has 0 radical (unpaired) electrons. The lowest BCUT2D eigenvalue weighted by molar-refractivity contribution is -0.127. The van der Waals surface area contributed by atoms with Crippen molar-refractivity contribution in [2.45, 2.75) is 32.4 Å². The Labute approximate surface area is 214 Å². The highest BCUT2D eigenvalue weighted by atomic mass is 35.5. The zero-order valence-electron chi connectivity index (χ0n) is 19.9. The van der Waals surface area contributed by atoms with Gasteiger partial charge in [0.15, 0.2) is 11.5 Å². The summed E-state index contributed by atoms with van der Waals surface area (Å²) in [6.07, 6.45) is 1.74. The molecule has 3 aromatic rings. The smallest absolute Gasteiger partial charge is 0.241 e. The third kappa shape index (κ3) is 6.07. The van der Waals surface area contributed by atoms with Crippen molar-refractivity contribution < 1.29 is 18.8 Å². The quantitative estimate of drug-likeness (QED) is 0.440. The Kier molecular flexibility index (Phi) is 8.15. The van der Waals surface area contributed by atoms with Crippen LogP contribution < -0.4 is 14.8 Å². The standard InChI is InChI=1S/C25H28Cl2N4O4/c1-15(16-6-9-21(33-2)22(11-16)34-3)28-25(32)17-5-4-10-31(13-17)14-23-29-24(30-35-23)19-8-7-18(26)12-20(19)27/h6-9,11-12,15,17H,4-5,10,13-14H2,1-3H3,(H,28,32). The molecule has 0 saturated carbocycles. The van der Waals surface area contributed by atoms with E-state index >= 15 is 0 Å². The molecule has 2 aromatic carbocycles. The summed E-state index contributed by atoms with van der Waals surface area (Å²) in [5, 5.41) is 8.20. The molecule has 1 aliphatic heterocycles. The molecular formula is C25H28Cl2N4O4.